The lowest BCUT2D eigenvalue weighted by Gasteiger charge is -2.32. The van der Waals surface area contributed by atoms with Gasteiger partial charge in [-0.2, -0.15) is 0 Å². The molecule has 0 saturated carbocycles. The molecule has 0 unspecified atom stereocenters. The van der Waals surface area contributed by atoms with Gasteiger partial charge < -0.3 is 25.2 Å². The summed E-state index contributed by atoms with van der Waals surface area (Å²) in [7, 11) is 1.41. The van der Waals surface area contributed by atoms with Crippen LogP contribution in [0.4, 0.5) is 10.5 Å². The van der Waals surface area contributed by atoms with Crippen LogP contribution in [0.25, 0.3) is 0 Å². The Kier molecular flexibility index (Phi) is 10.4. The number of nitrogens with zero attached hydrogens (tertiary/aromatic N) is 3. The molecule has 172 valence electrons. The maximum Gasteiger partial charge on any atom is 0.409 e. The molecule has 8 nitrogen and oxygen atoms in total. The Balaban J connectivity index is 0.00000341. The summed E-state index contributed by atoms with van der Waals surface area (Å²) in [6.45, 7) is 5.53. The smallest absolute Gasteiger partial charge is 0.409 e. The average molecular weight is 543 g/mol. The fourth-order valence-electron chi connectivity index (χ4n) is 4.00. The number of aliphatic imine (C=N–C) groups is 1. The maximum absolute atomic E-state index is 12.6. The Labute approximate surface area is 201 Å². The lowest BCUT2D eigenvalue weighted by atomic mass is 10.1. The molecule has 9 heteroatoms. The summed E-state index contributed by atoms with van der Waals surface area (Å²) in [6.07, 6.45) is 3.59. The van der Waals surface area contributed by atoms with Gasteiger partial charge in [0.05, 0.1) is 7.11 Å². The first kappa shape index (κ1) is 25.2. The van der Waals surface area contributed by atoms with E-state index in [-0.39, 0.29) is 42.0 Å². The number of benzene rings is 1. The summed E-state index contributed by atoms with van der Waals surface area (Å²) >= 11 is 0. The number of fused-ring (bicyclic) bond motifs is 1. The number of anilines is 1. The number of rotatable bonds is 6. The minimum absolute atomic E-state index is 0. The normalized spacial score (nSPS) is 16.4. The van der Waals surface area contributed by atoms with E-state index < -0.39 is 0 Å². The number of piperidine rings is 1. The zero-order chi connectivity index (χ0) is 21.3. The lowest BCUT2D eigenvalue weighted by molar-refractivity contribution is -0.118. The second kappa shape index (κ2) is 12.7. The van der Waals surface area contributed by atoms with Crippen molar-refractivity contribution >= 4 is 47.6 Å². The Morgan fingerprint density at radius 2 is 1.94 bits per heavy atom. The van der Waals surface area contributed by atoms with E-state index in [1.807, 2.05) is 30.0 Å². The Morgan fingerprint density at radius 3 is 2.65 bits per heavy atom. The van der Waals surface area contributed by atoms with Crippen LogP contribution >= 0.6 is 24.0 Å². The highest BCUT2D eigenvalue weighted by atomic mass is 127. The van der Waals surface area contributed by atoms with Gasteiger partial charge in [-0.25, -0.2) is 4.79 Å². The molecule has 0 aliphatic carbocycles. The Hall–Kier alpha value is -2.04. The van der Waals surface area contributed by atoms with Crippen molar-refractivity contribution < 1.29 is 14.3 Å². The van der Waals surface area contributed by atoms with Gasteiger partial charge >= 0.3 is 6.09 Å². The molecule has 2 aliphatic rings. The zero-order valence-corrected chi connectivity index (χ0v) is 20.8. The molecule has 1 aromatic carbocycles. The van der Waals surface area contributed by atoms with Crippen LogP contribution in [0.1, 0.15) is 38.2 Å². The quantitative estimate of drug-likeness (QED) is 0.250. The lowest BCUT2D eigenvalue weighted by Crippen LogP contribution is -2.49. The number of carbonyl (C=O) groups excluding carboxylic acids is 2. The van der Waals surface area contributed by atoms with Crippen LogP contribution in [0.2, 0.25) is 0 Å². The highest BCUT2D eigenvalue weighted by molar-refractivity contribution is 14.0. The van der Waals surface area contributed by atoms with Crippen molar-refractivity contribution in [2.75, 3.05) is 44.7 Å². The number of amides is 2. The van der Waals surface area contributed by atoms with Gasteiger partial charge in [-0.3, -0.25) is 9.79 Å². The molecule has 0 radical (unpaired) electrons. The molecule has 2 heterocycles. The third kappa shape index (κ3) is 6.98. The van der Waals surface area contributed by atoms with Crippen LogP contribution in [0.15, 0.2) is 29.3 Å². The van der Waals surface area contributed by atoms with Gasteiger partial charge in [-0.05, 0) is 44.2 Å². The largest absolute Gasteiger partial charge is 0.453 e. The molecule has 2 amide bonds. The number of carbonyl (C=O) groups is 2. The monoisotopic (exact) mass is 543 g/mol. The summed E-state index contributed by atoms with van der Waals surface area (Å²) < 4.78 is 4.79. The second-order valence-electron chi connectivity index (χ2n) is 7.66. The van der Waals surface area contributed by atoms with Gasteiger partial charge in [-0.15, -0.1) is 24.0 Å². The Bertz CT molecular complexity index is 765. The number of para-hydroxylation sites is 1. The minimum Gasteiger partial charge on any atom is -0.453 e. The molecule has 1 saturated heterocycles. The van der Waals surface area contributed by atoms with E-state index in [2.05, 4.69) is 21.7 Å². The van der Waals surface area contributed by atoms with Crippen molar-refractivity contribution in [2.45, 2.75) is 45.1 Å². The molecule has 0 atom stereocenters. The topological polar surface area (TPSA) is 86.3 Å². The third-order valence-corrected chi connectivity index (χ3v) is 5.62. The maximum atomic E-state index is 12.6. The number of ether oxygens (including phenoxy) is 1. The van der Waals surface area contributed by atoms with E-state index in [0.717, 1.165) is 50.4 Å². The van der Waals surface area contributed by atoms with Crippen molar-refractivity contribution in [3.05, 3.63) is 29.8 Å². The van der Waals surface area contributed by atoms with Crippen molar-refractivity contribution in [1.82, 2.24) is 15.5 Å². The highest BCUT2D eigenvalue weighted by Gasteiger charge is 2.24. The standard InChI is InChI=1S/C22H33N5O3.HI/c1-3-23-21(25-18-11-14-26(15-12-18)22(29)30-2)24-13-6-9-20(28)27-16-10-17-7-4-5-8-19(17)27;/h4-5,7-8,18H,3,6,9-16H2,1-2H3,(H2,23,24,25);1H. The van der Waals surface area contributed by atoms with E-state index in [1.54, 1.807) is 4.90 Å². The van der Waals surface area contributed by atoms with Crippen molar-refractivity contribution in [1.29, 1.82) is 0 Å². The third-order valence-electron chi connectivity index (χ3n) is 5.62. The highest BCUT2D eigenvalue weighted by Crippen LogP contribution is 2.28. The molecule has 3 rings (SSSR count). The zero-order valence-electron chi connectivity index (χ0n) is 18.4. The number of methoxy groups -OCH3 is 1. The van der Waals surface area contributed by atoms with Gasteiger partial charge in [0.25, 0.3) is 0 Å². The van der Waals surface area contributed by atoms with Gasteiger partial charge in [-0.1, -0.05) is 18.2 Å². The molecule has 0 bridgehead atoms. The number of likely N-dealkylation sites (tertiary alicyclic amines) is 1. The van der Waals surface area contributed by atoms with Crippen LogP contribution in [0.5, 0.6) is 0 Å². The minimum atomic E-state index is -0.265. The van der Waals surface area contributed by atoms with Crippen LogP contribution in [0, 0.1) is 0 Å². The SMILES string of the molecule is CCNC(=NCCCC(=O)N1CCc2ccccc21)NC1CCN(C(=O)OC)CC1.I. The molecule has 31 heavy (non-hydrogen) atoms. The molecule has 2 aliphatic heterocycles. The predicted octanol–water partition coefficient (Wildman–Crippen LogP) is 2.76. The van der Waals surface area contributed by atoms with Crippen LogP contribution in [0.3, 0.4) is 0 Å². The van der Waals surface area contributed by atoms with E-state index in [4.69, 9.17) is 4.74 Å². The summed E-state index contributed by atoms with van der Waals surface area (Å²) in [5, 5.41) is 6.72. The van der Waals surface area contributed by atoms with Crippen molar-refractivity contribution in [3.8, 4) is 0 Å². The second-order valence-corrected chi connectivity index (χ2v) is 7.66. The molecule has 0 spiro atoms. The Morgan fingerprint density at radius 1 is 1.19 bits per heavy atom. The number of nitrogens with one attached hydrogen (secondary N) is 2. The number of hydrogen-bond acceptors (Lipinski definition) is 4. The number of guanidine groups is 1. The number of hydrogen-bond donors (Lipinski definition) is 2. The fourth-order valence-corrected chi connectivity index (χ4v) is 4.00. The van der Waals surface area contributed by atoms with Crippen LogP contribution in [-0.2, 0) is 16.0 Å². The van der Waals surface area contributed by atoms with Crippen LogP contribution in [-0.4, -0.2) is 68.7 Å². The van der Waals surface area contributed by atoms with E-state index >= 15 is 0 Å². The van der Waals surface area contributed by atoms with Gasteiger partial charge in [0.2, 0.25) is 5.91 Å². The summed E-state index contributed by atoms with van der Waals surface area (Å²) in [5.41, 5.74) is 2.31. The van der Waals surface area contributed by atoms with E-state index in [0.29, 0.717) is 26.1 Å². The van der Waals surface area contributed by atoms with Crippen molar-refractivity contribution in [2.24, 2.45) is 4.99 Å². The summed E-state index contributed by atoms with van der Waals surface area (Å²) in [4.78, 5) is 32.5. The van der Waals surface area contributed by atoms with E-state index in [9.17, 15) is 9.59 Å². The van der Waals surface area contributed by atoms with Gasteiger partial charge in [0.1, 0.15) is 0 Å². The first-order chi connectivity index (χ1) is 14.6. The molecule has 0 aromatic heterocycles. The molecule has 1 fully saturated rings. The average Bonchev–Trinajstić information content (AvgIpc) is 3.21. The summed E-state index contributed by atoms with van der Waals surface area (Å²) in [5.74, 6) is 0.941. The summed E-state index contributed by atoms with van der Waals surface area (Å²) in [6, 6.07) is 8.40. The molecular weight excluding hydrogens is 509 g/mol. The molecular formula is C22H34IN5O3. The first-order valence-electron chi connectivity index (χ1n) is 10.9. The molecule has 2 N–H and O–H groups in total. The fraction of sp³-hybridized carbons (Fsp3) is 0.591. The van der Waals surface area contributed by atoms with E-state index in [1.165, 1.54) is 12.7 Å². The van der Waals surface area contributed by atoms with Gasteiger partial charge in [0, 0.05) is 50.9 Å². The number of halogens is 1. The predicted molar refractivity (Wildman–Crippen MR) is 133 cm³/mol. The van der Waals surface area contributed by atoms with Crippen molar-refractivity contribution in [3.63, 3.8) is 0 Å². The van der Waals surface area contributed by atoms with Gasteiger partial charge in [0.15, 0.2) is 5.96 Å². The first-order valence-corrected chi connectivity index (χ1v) is 10.9. The van der Waals surface area contributed by atoms with Crippen LogP contribution < -0.4 is 15.5 Å². The molecule has 1 aromatic rings.